The zero-order valence-corrected chi connectivity index (χ0v) is 11.8. The van der Waals surface area contributed by atoms with Gasteiger partial charge in [-0.15, -0.1) is 0 Å². The van der Waals surface area contributed by atoms with E-state index >= 15 is 0 Å². The Labute approximate surface area is 118 Å². The Kier molecular flexibility index (Phi) is 4.40. The maximum atomic E-state index is 12.8. The average Bonchev–Trinajstić information content (AvgIpc) is 2.37. The molecule has 106 valence electrons. The Morgan fingerprint density at radius 2 is 2.11 bits per heavy atom. The number of halogens is 4. The minimum absolute atomic E-state index is 0.0296. The highest BCUT2D eigenvalue weighted by atomic mass is 79.9. The Morgan fingerprint density at radius 1 is 1.37 bits per heavy atom. The van der Waals surface area contributed by atoms with Gasteiger partial charge in [-0.2, -0.15) is 13.2 Å². The van der Waals surface area contributed by atoms with Crippen LogP contribution in [0.15, 0.2) is 22.7 Å². The predicted octanol–water partition coefficient (Wildman–Crippen LogP) is 3.72. The topological polar surface area (TPSA) is 23.5 Å². The van der Waals surface area contributed by atoms with E-state index in [1.165, 1.54) is 0 Å². The number of aliphatic hydroxyl groups excluding tert-OH is 1. The Hall–Kier alpha value is -0.750. The molecular formula is C13H15BrF3NO. The molecule has 1 aromatic rings. The SMILES string of the molecule is OCc1cc(Br)ccc1N1CCCC(C(F)(F)F)C1. The summed E-state index contributed by atoms with van der Waals surface area (Å²) in [5.41, 5.74) is 1.34. The van der Waals surface area contributed by atoms with Crippen LogP contribution in [0.2, 0.25) is 0 Å². The van der Waals surface area contributed by atoms with E-state index < -0.39 is 12.1 Å². The zero-order valence-electron chi connectivity index (χ0n) is 10.3. The number of hydrogen-bond donors (Lipinski definition) is 1. The lowest BCUT2D eigenvalue weighted by molar-refractivity contribution is -0.176. The fourth-order valence-corrected chi connectivity index (χ4v) is 2.86. The molecule has 1 saturated heterocycles. The number of rotatable bonds is 2. The van der Waals surface area contributed by atoms with Crippen LogP contribution in [-0.2, 0) is 6.61 Å². The Bertz CT molecular complexity index is 450. The molecule has 1 atom stereocenters. The second-order valence-electron chi connectivity index (χ2n) is 4.76. The molecule has 0 saturated carbocycles. The third kappa shape index (κ3) is 3.42. The van der Waals surface area contributed by atoms with E-state index in [-0.39, 0.29) is 19.6 Å². The largest absolute Gasteiger partial charge is 0.393 e. The molecule has 2 nitrogen and oxygen atoms in total. The van der Waals surface area contributed by atoms with Crippen molar-refractivity contribution in [3.05, 3.63) is 28.2 Å². The lowest BCUT2D eigenvalue weighted by Gasteiger charge is -2.36. The molecule has 0 radical (unpaired) electrons. The summed E-state index contributed by atoms with van der Waals surface area (Å²) in [7, 11) is 0. The molecule has 0 aliphatic carbocycles. The number of nitrogens with zero attached hydrogens (tertiary/aromatic N) is 1. The quantitative estimate of drug-likeness (QED) is 0.889. The summed E-state index contributed by atoms with van der Waals surface area (Å²) in [4.78, 5) is 1.72. The summed E-state index contributed by atoms with van der Waals surface area (Å²) in [6, 6.07) is 5.28. The normalized spacial score (nSPS) is 20.7. The standard InChI is InChI=1S/C13H15BrF3NO/c14-11-3-4-12(9(6-11)8-19)18-5-1-2-10(7-18)13(15,16)17/h3-4,6,10,19H,1-2,5,7-8H2. The summed E-state index contributed by atoms with van der Waals surface area (Å²) in [5, 5.41) is 9.33. The smallest absolute Gasteiger partial charge is 0.392 e. The minimum Gasteiger partial charge on any atom is -0.392 e. The van der Waals surface area contributed by atoms with Crippen molar-refractivity contribution in [2.45, 2.75) is 25.6 Å². The van der Waals surface area contributed by atoms with Gasteiger partial charge in [-0.25, -0.2) is 0 Å². The van der Waals surface area contributed by atoms with E-state index in [1.54, 1.807) is 23.1 Å². The number of hydrogen-bond acceptors (Lipinski definition) is 2. The summed E-state index contributed by atoms with van der Waals surface area (Å²) >= 11 is 3.30. The predicted molar refractivity (Wildman–Crippen MR) is 71.1 cm³/mol. The summed E-state index contributed by atoms with van der Waals surface area (Å²) < 4.78 is 39.2. The number of anilines is 1. The van der Waals surface area contributed by atoms with Crippen LogP contribution in [-0.4, -0.2) is 24.4 Å². The molecule has 0 aromatic heterocycles. The van der Waals surface area contributed by atoms with Gasteiger partial charge in [-0.1, -0.05) is 15.9 Å². The van der Waals surface area contributed by atoms with E-state index in [0.29, 0.717) is 24.2 Å². The van der Waals surface area contributed by atoms with Crippen LogP contribution in [0, 0.1) is 5.92 Å². The molecule has 0 bridgehead atoms. The minimum atomic E-state index is -4.15. The molecule has 0 spiro atoms. The van der Waals surface area contributed by atoms with Gasteiger partial charge in [0.1, 0.15) is 0 Å². The Morgan fingerprint density at radius 3 is 2.74 bits per heavy atom. The third-order valence-corrected chi connectivity index (χ3v) is 3.93. The second kappa shape index (κ2) is 5.71. The fraction of sp³-hybridized carbons (Fsp3) is 0.538. The zero-order chi connectivity index (χ0) is 14.0. The number of aliphatic hydroxyl groups is 1. The van der Waals surface area contributed by atoms with Crippen molar-refractivity contribution < 1.29 is 18.3 Å². The van der Waals surface area contributed by atoms with Gasteiger partial charge in [0.2, 0.25) is 0 Å². The van der Waals surface area contributed by atoms with Gasteiger partial charge in [-0.05, 0) is 31.0 Å². The molecule has 19 heavy (non-hydrogen) atoms. The average molecular weight is 338 g/mol. The van der Waals surface area contributed by atoms with E-state index in [1.807, 2.05) is 0 Å². The van der Waals surface area contributed by atoms with Gasteiger partial charge >= 0.3 is 6.18 Å². The lowest BCUT2D eigenvalue weighted by Crippen LogP contribution is -2.42. The van der Waals surface area contributed by atoms with E-state index in [2.05, 4.69) is 15.9 Å². The maximum Gasteiger partial charge on any atom is 0.393 e. The van der Waals surface area contributed by atoms with Crippen LogP contribution >= 0.6 is 15.9 Å². The lowest BCUT2D eigenvalue weighted by atomic mass is 9.96. The van der Waals surface area contributed by atoms with Crippen molar-refractivity contribution in [2.24, 2.45) is 5.92 Å². The van der Waals surface area contributed by atoms with Gasteiger partial charge < -0.3 is 10.0 Å². The molecular weight excluding hydrogens is 323 g/mol. The maximum absolute atomic E-state index is 12.8. The van der Waals surface area contributed by atoms with Gasteiger partial charge in [0.25, 0.3) is 0 Å². The number of alkyl halides is 3. The van der Waals surface area contributed by atoms with Crippen molar-refractivity contribution >= 4 is 21.6 Å². The van der Waals surface area contributed by atoms with Gasteiger partial charge in [0.15, 0.2) is 0 Å². The van der Waals surface area contributed by atoms with Crippen LogP contribution in [0.4, 0.5) is 18.9 Å². The molecule has 6 heteroatoms. The molecule has 1 unspecified atom stereocenters. The van der Waals surface area contributed by atoms with Crippen LogP contribution in [0.25, 0.3) is 0 Å². The second-order valence-corrected chi connectivity index (χ2v) is 5.67. The first kappa shape index (κ1) is 14.7. The van der Waals surface area contributed by atoms with E-state index in [0.717, 1.165) is 4.47 Å². The highest BCUT2D eigenvalue weighted by Gasteiger charge is 2.42. The number of piperidine rings is 1. The van der Waals surface area contributed by atoms with Crippen LogP contribution in [0.1, 0.15) is 18.4 Å². The van der Waals surface area contributed by atoms with Gasteiger partial charge in [0.05, 0.1) is 12.5 Å². The van der Waals surface area contributed by atoms with E-state index in [4.69, 9.17) is 0 Å². The fourth-order valence-electron chi connectivity index (χ4n) is 2.45. The van der Waals surface area contributed by atoms with Crippen molar-refractivity contribution in [2.75, 3.05) is 18.0 Å². The summed E-state index contributed by atoms with van der Waals surface area (Å²) in [6.45, 7) is 0.390. The first-order valence-corrected chi connectivity index (χ1v) is 6.92. The van der Waals surface area contributed by atoms with Crippen LogP contribution in [0.3, 0.4) is 0 Å². The molecule has 1 aromatic carbocycles. The molecule has 2 rings (SSSR count). The highest BCUT2D eigenvalue weighted by Crippen LogP contribution is 2.36. The molecule has 1 N–H and O–H groups in total. The van der Waals surface area contributed by atoms with Gasteiger partial charge in [-0.3, -0.25) is 0 Å². The van der Waals surface area contributed by atoms with Crippen molar-refractivity contribution in [1.29, 1.82) is 0 Å². The molecule has 1 heterocycles. The monoisotopic (exact) mass is 337 g/mol. The molecule has 1 fully saturated rings. The van der Waals surface area contributed by atoms with Crippen molar-refractivity contribution in [3.63, 3.8) is 0 Å². The molecule has 0 amide bonds. The van der Waals surface area contributed by atoms with E-state index in [9.17, 15) is 18.3 Å². The highest BCUT2D eigenvalue weighted by molar-refractivity contribution is 9.10. The number of benzene rings is 1. The summed E-state index contributed by atoms with van der Waals surface area (Å²) in [5.74, 6) is -1.28. The third-order valence-electron chi connectivity index (χ3n) is 3.44. The van der Waals surface area contributed by atoms with Crippen molar-refractivity contribution in [1.82, 2.24) is 0 Å². The van der Waals surface area contributed by atoms with Crippen molar-refractivity contribution in [3.8, 4) is 0 Å². The van der Waals surface area contributed by atoms with Gasteiger partial charge in [0, 0.05) is 28.8 Å². The Balaban J connectivity index is 2.22. The van der Waals surface area contributed by atoms with Crippen LogP contribution < -0.4 is 4.90 Å². The first-order chi connectivity index (χ1) is 8.91. The molecule has 1 aliphatic rings. The molecule has 1 aliphatic heterocycles. The summed E-state index contributed by atoms with van der Waals surface area (Å²) in [6.07, 6.45) is -3.44. The first-order valence-electron chi connectivity index (χ1n) is 6.12. The van der Waals surface area contributed by atoms with Crippen LogP contribution in [0.5, 0.6) is 0 Å².